The molecule has 6 heteroatoms. The minimum Gasteiger partial charge on any atom is -0.449 e. The average molecular weight is 459 g/mol. The predicted molar refractivity (Wildman–Crippen MR) is 124 cm³/mol. The molecule has 0 spiro atoms. The summed E-state index contributed by atoms with van der Waals surface area (Å²) in [7, 11) is 0. The second-order valence-electron chi connectivity index (χ2n) is 6.89. The molecule has 0 aromatic heterocycles. The van der Waals surface area contributed by atoms with E-state index in [1.54, 1.807) is 24.3 Å². The lowest BCUT2D eigenvalue weighted by Crippen LogP contribution is -2.26. The van der Waals surface area contributed by atoms with Crippen molar-refractivity contribution in [2.45, 2.75) is 5.92 Å². The molecular weight excluding hydrogens is 441 g/mol. The zero-order valence-corrected chi connectivity index (χ0v) is 18.1. The van der Waals surface area contributed by atoms with Crippen molar-refractivity contribution >= 4 is 47.0 Å². The number of ether oxygens (including phenoxy) is 1. The van der Waals surface area contributed by atoms with Crippen molar-refractivity contribution in [1.29, 1.82) is 0 Å². The van der Waals surface area contributed by atoms with Gasteiger partial charge < -0.3 is 10.1 Å². The number of alkyl carbamates (subject to hydrolysis) is 1. The van der Waals surface area contributed by atoms with Gasteiger partial charge in [-0.25, -0.2) is 4.79 Å². The maximum atomic E-state index is 12.2. The minimum atomic E-state index is -0.477. The number of carbonyl (C=O) groups is 1. The van der Waals surface area contributed by atoms with Crippen LogP contribution in [0.5, 0.6) is 0 Å². The molecule has 1 amide bonds. The Labute approximate surface area is 190 Å². The highest BCUT2D eigenvalue weighted by atomic mass is 35.5. The fraction of sp³-hybridized carbons (Fsp3) is 0.125. The Bertz CT molecular complexity index is 1060. The molecule has 1 aliphatic rings. The zero-order chi connectivity index (χ0) is 21.1. The minimum absolute atomic E-state index is 0.0328. The van der Waals surface area contributed by atoms with Crippen LogP contribution >= 0.6 is 34.8 Å². The number of hydrogen-bond acceptors (Lipinski definition) is 2. The van der Waals surface area contributed by atoms with E-state index < -0.39 is 6.09 Å². The fourth-order valence-electron chi connectivity index (χ4n) is 3.68. The Morgan fingerprint density at radius 1 is 0.933 bits per heavy atom. The number of amides is 1. The quantitative estimate of drug-likeness (QED) is 0.439. The molecule has 1 aliphatic carbocycles. The Morgan fingerprint density at radius 2 is 1.50 bits per heavy atom. The summed E-state index contributed by atoms with van der Waals surface area (Å²) in [5.74, 6) is 0.0328. The van der Waals surface area contributed by atoms with E-state index in [0.717, 1.165) is 0 Å². The van der Waals surface area contributed by atoms with Crippen molar-refractivity contribution in [3.63, 3.8) is 0 Å². The van der Waals surface area contributed by atoms with Crippen molar-refractivity contribution in [3.05, 3.63) is 98.5 Å². The Kier molecular flexibility index (Phi) is 6.33. The zero-order valence-electron chi connectivity index (χ0n) is 15.9. The molecule has 0 heterocycles. The van der Waals surface area contributed by atoms with Gasteiger partial charge in [0.15, 0.2) is 0 Å². The topological polar surface area (TPSA) is 38.3 Å². The number of halogens is 3. The van der Waals surface area contributed by atoms with Gasteiger partial charge in [-0.2, -0.15) is 0 Å². The van der Waals surface area contributed by atoms with E-state index in [-0.39, 0.29) is 19.1 Å². The Balaban J connectivity index is 1.35. The summed E-state index contributed by atoms with van der Waals surface area (Å²) in [6.07, 6.45) is 3.02. The molecule has 3 aromatic carbocycles. The van der Waals surface area contributed by atoms with E-state index in [1.165, 1.54) is 22.3 Å². The van der Waals surface area contributed by atoms with Gasteiger partial charge in [0.25, 0.3) is 0 Å². The molecule has 0 fully saturated rings. The van der Waals surface area contributed by atoms with E-state index in [4.69, 9.17) is 39.5 Å². The first-order valence-electron chi connectivity index (χ1n) is 9.44. The molecule has 0 saturated heterocycles. The van der Waals surface area contributed by atoms with Crippen molar-refractivity contribution in [1.82, 2.24) is 5.32 Å². The van der Waals surface area contributed by atoms with Crippen LogP contribution in [0.1, 0.15) is 22.6 Å². The van der Waals surface area contributed by atoms with Crippen molar-refractivity contribution in [2.24, 2.45) is 0 Å². The number of carbonyl (C=O) groups excluding carboxylic acids is 1. The smallest absolute Gasteiger partial charge is 0.407 e. The highest BCUT2D eigenvalue weighted by Crippen LogP contribution is 2.44. The van der Waals surface area contributed by atoms with Gasteiger partial charge in [0, 0.05) is 23.0 Å². The van der Waals surface area contributed by atoms with Gasteiger partial charge in [-0.05, 0) is 34.4 Å². The summed E-state index contributed by atoms with van der Waals surface area (Å²) in [5, 5.41) is 4.08. The average Bonchev–Trinajstić information content (AvgIpc) is 3.05. The molecule has 152 valence electrons. The number of rotatable bonds is 5. The SMILES string of the molecule is O=C(NCC=Cc1c(Cl)cc(Cl)cc1Cl)OCC1c2ccccc2-c2ccccc21. The van der Waals surface area contributed by atoms with Crippen molar-refractivity contribution in [2.75, 3.05) is 13.2 Å². The van der Waals surface area contributed by atoms with E-state index in [1.807, 2.05) is 24.3 Å². The van der Waals surface area contributed by atoms with Gasteiger partial charge in [0.2, 0.25) is 0 Å². The van der Waals surface area contributed by atoms with E-state index in [9.17, 15) is 4.79 Å². The molecule has 0 bridgehead atoms. The number of benzene rings is 3. The molecule has 0 unspecified atom stereocenters. The van der Waals surface area contributed by atoms with Crippen LogP contribution in [-0.4, -0.2) is 19.2 Å². The van der Waals surface area contributed by atoms with Crippen LogP contribution in [0, 0.1) is 0 Å². The highest BCUT2D eigenvalue weighted by Gasteiger charge is 2.28. The summed E-state index contributed by atoms with van der Waals surface area (Å²) in [6, 6.07) is 19.7. The van der Waals surface area contributed by atoms with Crippen molar-refractivity contribution < 1.29 is 9.53 Å². The van der Waals surface area contributed by atoms with Gasteiger partial charge in [-0.3, -0.25) is 0 Å². The maximum absolute atomic E-state index is 12.2. The number of fused-ring (bicyclic) bond motifs is 3. The lowest BCUT2D eigenvalue weighted by molar-refractivity contribution is 0.144. The molecule has 3 nitrogen and oxygen atoms in total. The largest absolute Gasteiger partial charge is 0.449 e. The standard InChI is InChI=1S/C24H18Cl3NO2/c25-15-12-22(26)20(23(27)13-15)10-5-11-28-24(29)30-14-21-18-8-3-1-6-16(18)17-7-2-4-9-19(17)21/h1-10,12-13,21H,11,14H2,(H,28,29). The van der Waals surface area contributed by atoms with Gasteiger partial charge in [0.1, 0.15) is 6.61 Å². The van der Waals surface area contributed by atoms with Crippen LogP contribution in [0.2, 0.25) is 15.1 Å². The molecule has 30 heavy (non-hydrogen) atoms. The summed E-state index contributed by atoms with van der Waals surface area (Å²) < 4.78 is 5.50. The van der Waals surface area contributed by atoms with Gasteiger partial charge >= 0.3 is 6.09 Å². The second kappa shape index (κ2) is 9.13. The van der Waals surface area contributed by atoms with Crippen LogP contribution in [0.25, 0.3) is 17.2 Å². The second-order valence-corrected chi connectivity index (χ2v) is 8.14. The van der Waals surface area contributed by atoms with E-state index >= 15 is 0 Å². The third-order valence-electron chi connectivity index (χ3n) is 5.04. The van der Waals surface area contributed by atoms with Gasteiger partial charge in [-0.1, -0.05) is 95.5 Å². The molecule has 4 rings (SSSR count). The summed E-state index contributed by atoms with van der Waals surface area (Å²) in [6.45, 7) is 0.560. The van der Waals surface area contributed by atoms with Crippen molar-refractivity contribution in [3.8, 4) is 11.1 Å². The van der Waals surface area contributed by atoms with Crippen LogP contribution in [0.4, 0.5) is 4.79 Å². The molecule has 0 atom stereocenters. The molecule has 3 aromatic rings. The monoisotopic (exact) mass is 457 g/mol. The first-order valence-corrected chi connectivity index (χ1v) is 10.6. The summed E-state index contributed by atoms with van der Waals surface area (Å²) >= 11 is 18.2. The Morgan fingerprint density at radius 3 is 2.10 bits per heavy atom. The lowest BCUT2D eigenvalue weighted by Gasteiger charge is -2.14. The maximum Gasteiger partial charge on any atom is 0.407 e. The predicted octanol–water partition coefficient (Wildman–Crippen LogP) is 7.20. The van der Waals surface area contributed by atoms with Crippen LogP contribution < -0.4 is 5.32 Å². The molecule has 1 N–H and O–H groups in total. The highest BCUT2D eigenvalue weighted by molar-refractivity contribution is 6.40. The van der Waals surface area contributed by atoms with E-state index in [2.05, 4.69) is 29.6 Å². The first kappa shape index (κ1) is 20.8. The van der Waals surface area contributed by atoms with Crippen LogP contribution in [0.15, 0.2) is 66.7 Å². The molecule has 0 saturated carbocycles. The fourth-order valence-corrected chi connectivity index (χ4v) is 4.62. The Hall–Kier alpha value is -2.46. The normalized spacial score (nSPS) is 12.6. The van der Waals surface area contributed by atoms with Crippen LogP contribution in [0.3, 0.4) is 0 Å². The van der Waals surface area contributed by atoms with Crippen LogP contribution in [-0.2, 0) is 4.74 Å². The number of nitrogens with one attached hydrogen (secondary N) is 1. The molecule has 0 aliphatic heterocycles. The molecular formula is C24H18Cl3NO2. The lowest BCUT2D eigenvalue weighted by atomic mass is 9.98. The number of hydrogen-bond donors (Lipinski definition) is 1. The third-order valence-corrected chi connectivity index (χ3v) is 5.88. The summed E-state index contributed by atoms with van der Waals surface area (Å²) in [5.41, 5.74) is 5.40. The van der Waals surface area contributed by atoms with E-state index in [0.29, 0.717) is 20.6 Å². The third kappa shape index (κ3) is 4.34. The van der Waals surface area contributed by atoms with Gasteiger partial charge in [-0.15, -0.1) is 0 Å². The molecule has 0 radical (unpaired) electrons. The van der Waals surface area contributed by atoms with Gasteiger partial charge in [0.05, 0.1) is 10.0 Å². The first-order chi connectivity index (χ1) is 14.5. The summed E-state index contributed by atoms with van der Waals surface area (Å²) in [4.78, 5) is 12.2.